The molecule has 3 amide bonds. The van der Waals surface area contributed by atoms with Crippen molar-refractivity contribution in [3.05, 3.63) is 0 Å². The first kappa shape index (κ1) is 13.7. The van der Waals surface area contributed by atoms with Gasteiger partial charge in [0.25, 0.3) is 0 Å². The lowest BCUT2D eigenvalue weighted by molar-refractivity contribution is -0.132. The zero-order chi connectivity index (χ0) is 14.1. The minimum absolute atomic E-state index is 0.0256. The first-order chi connectivity index (χ1) is 9.69. The van der Waals surface area contributed by atoms with Crippen LogP contribution in [0.4, 0.5) is 4.79 Å². The Kier molecular flexibility index (Phi) is 3.83. The number of likely N-dealkylation sites (N-methyl/N-ethyl adjacent to an activating group) is 1. The van der Waals surface area contributed by atoms with Crippen molar-refractivity contribution in [3.8, 4) is 0 Å². The van der Waals surface area contributed by atoms with Crippen LogP contribution < -0.4 is 5.32 Å². The van der Waals surface area contributed by atoms with E-state index in [1.807, 2.05) is 9.80 Å². The predicted molar refractivity (Wildman–Crippen MR) is 73.2 cm³/mol. The molecule has 3 aliphatic heterocycles. The molecule has 6 heteroatoms. The number of likely N-dealkylation sites (tertiary alicyclic amines) is 2. The molecule has 20 heavy (non-hydrogen) atoms. The van der Waals surface area contributed by atoms with Crippen molar-refractivity contribution in [3.63, 3.8) is 0 Å². The molecule has 0 aliphatic carbocycles. The second kappa shape index (κ2) is 5.60. The van der Waals surface area contributed by atoms with E-state index in [0.29, 0.717) is 12.5 Å². The van der Waals surface area contributed by atoms with Gasteiger partial charge in [0, 0.05) is 33.2 Å². The standard InChI is InChI=1S/C14H23N3O3/c1-15-13(18)11-8-10-4-7-17(9-12(10)20-11)14(19)16-5-2-3-6-16/h10-12H,2-9H2,1H3,(H,15,18)/t10-,11+,12-/m0/s1. The van der Waals surface area contributed by atoms with Crippen LogP contribution in [-0.4, -0.2) is 67.2 Å². The average Bonchev–Trinajstić information content (AvgIpc) is 3.13. The highest BCUT2D eigenvalue weighted by Crippen LogP contribution is 2.33. The minimum Gasteiger partial charge on any atom is -0.363 e. The minimum atomic E-state index is -0.336. The summed E-state index contributed by atoms with van der Waals surface area (Å²) in [5.41, 5.74) is 0. The molecule has 6 nitrogen and oxygen atoms in total. The Hall–Kier alpha value is -1.30. The molecule has 3 fully saturated rings. The highest BCUT2D eigenvalue weighted by Gasteiger charge is 2.43. The van der Waals surface area contributed by atoms with Crippen LogP contribution in [-0.2, 0) is 9.53 Å². The lowest BCUT2D eigenvalue weighted by Gasteiger charge is -2.36. The third-order valence-corrected chi connectivity index (χ3v) is 4.74. The fourth-order valence-corrected chi connectivity index (χ4v) is 3.54. The number of nitrogens with one attached hydrogen (secondary N) is 1. The Morgan fingerprint density at radius 3 is 2.60 bits per heavy atom. The quantitative estimate of drug-likeness (QED) is 0.758. The number of rotatable bonds is 1. The summed E-state index contributed by atoms with van der Waals surface area (Å²) in [5, 5.41) is 2.64. The Morgan fingerprint density at radius 2 is 1.90 bits per heavy atom. The molecule has 0 aromatic carbocycles. The van der Waals surface area contributed by atoms with Crippen molar-refractivity contribution in [1.82, 2.24) is 15.1 Å². The van der Waals surface area contributed by atoms with Gasteiger partial charge in [-0.3, -0.25) is 4.79 Å². The summed E-state index contributed by atoms with van der Waals surface area (Å²) in [6.45, 7) is 3.18. The van der Waals surface area contributed by atoms with E-state index < -0.39 is 0 Å². The molecule has 3 aliphatic rings. The summed E-state index contributed by atoms with van der Waals surface area (Å²) in [4.78, 5) is 27.9. The van der Waals surface area contributed by atoms with Crippen molar-refractivity contribution in [1.29, 1.82) is 0 Å². The van der Waals surface area contributed by atoms with Crippen LogP contribution in [0.15, 0.2) is 0 Å². The highest BCUT2D eigenvalue weighted by molar-refractivity contribution is 5.80. The van der Waals surface area contributed by atoms with E-state index in [1.54, 1.807) is 7.05 Å². The van der Waals surface area contributed by atoms with Gasteiger partial charge in [0.1, 0.15) is 6.10 Å². The van der Waals surface area contributed by atoms with Gasteiger partial charge in [0.05, 0.1) is 6.10 Å². The number of carbonyl (C=O) groups is 2. The van der Waals surface area contributed by atoms with E-state index in [2.05, 4.69) is 5.32 Å². The smallest absolute Gasteiger partial charge is 0.320 e. The Labute approximate surface area is 119 Å². The van der Waals surface area contributed by atoms with E-state index in [9.17, 15) is 9.59 Å². The van der Waals surface area contributed by atoms with Crippen molar-refractivity contribution in [2.75, 3.05) is 33.2 Å². The van der Waals surface area contributed by atoms with Gasteiger partial charge in [-0.25, -0.2) is 4.79 Å². The van der Waals surface area contributed by atoms with Gasteiger partial charge >= 0.3 is 6.03 Å². The fourth-order valence-electron chi connectivity index (χ4n) is 3.54. The number of fused-ring (bicyclic) bond motifs is 1. The first-order valence-corrected chi connectivity index (χ1v) is 7.60. The molecule has 0 bridgehead atoms. The van der Waals surface area contributed by atoms with E-state index >= 15 is 0 Å². The predicted octanol–water partition coefficient (Wildman–Crippen LogP) is 0.428. The molecule has 1 N–H and O–H groups in total. The molecule has 0 saturated carbocycles. The van der Waals surface area contributed by atoms with E-state index in [4.69, 9.17) is 4.74 Å². The zero-order valence-electron chi connectivity index (χ0n) is 12.0. The molecule has 112 valence electrons. The number of nitrogens with zero attached hydrogens (tertiary/aromatic N) is 2. The summed E-state index contributed by atoms with van der Waals surface area (Å²) in [7, 11) is 1.64. The third-order valence-electron chi connectivity index (χ3n) is 4.74. The number of piperidine rings is 1. The zero-order valence-corrected chi connectivity index (χ0v) is 12.0. The summed E-state index contributed by atoms with van der Waals surface area (Å²) in [6, 6.07) is 0.146. The van der Waals surface area contributed by atoms with Crippen LogP contribution in [0, 0.1) is 5.92 Å². The highest BCUT2D eigenvalue weighted by atomic mass is 16.5. The van der Waals surface area contributed by atoms with E-state index in [0.717, 1.165) is 45.3 Å². The van der Waals surface area contributed by atoms with Gasteiger partial charge in [-0.1, -0.05) is 0 Å². The van der Waals surface area contributed by atoms with Crippen LogP contribution in [0.5, 0.6) is 0 Å². The summed E-state index contributed by atoms with van der Waals surface area (Å²) in [5.74, 6) is 0.372. The third kappa shape index (κ3) is 2.49. The Bertz CT molecular complexity index is 395. The molecule has 0 aromatic heterocycles. The first-order valence-electron chi connectivity index (χ1n) is 7.60. The molecule has 0 spiro atoms. The van der Waals surface area contributed by atoms with Crippen LogP contribution >= 0.6 is 0 Å². The normalized spacial score (nSPS) is 33.1. The maximum atomic E-state index is 12.4. The maximum absolute atomic E-state index is 12.4. The van der Waals surface area contributed by atoms with Gasteiger partial charge in [0.15, 0.2) is 0 Å². The van der Waals surface area contributed by atoms with Gasteiger partial charge in [0.2, 0.25) is 5.91 Å². The summed E-state index contributed by atoms with van der Waals surface area (Å²) < 4.78 is 5.84. The number of carbonyl (C=O) groups excluding carboxylic acids is 2. The van der Waals surface area contributed by atoms with Crippen LogP contribution in [0.3, 0.4) is 0 Å². The van der Waals surface area contributed by atoms with Crippen molar-refractivity contribution in [2.45, 2.75) is 37.9 Å². The molecule has 3 heterocycles. The van der Waals surface area contributed by atoms with Crippen LogP contribution in [0.25, 0.3) is 0 Å². The molecule has 0 unspecified atom stereocenters. The largest absolute Gasteiger partial charge is 0.363 e. The second-order valence-electron chi connectivity index (χ2n) is 5.98. The lowest BCUT2D eigenvalue weighted by Crippen LogP contribution is -2.50. The van der Waals surface area contributed by atoms with E-state index in [1.165, 1.54) is 0 Å². The van der Waals surface area contributed by atoms with Gasteiger partial charge in [-0.2, -0.15) is 0 Å². The van der Waals surface area contributed by atoms with Crippen molar-refractivity contribution in [2.24, 2.45) is 5.92 Å². The number of ether oxygens (including phenoxy) is 1. The number of amides is 3. The Morgan fingerprint density at radius 1 is 1.15 bits per heavy atom. The van der Waals surface area contributed by atoms with Gasteiger partial charge in [-0.05, 0) is 31.6 Å². The molecule has 3 rings (SSSR count). The molecule has 0 radical (unpaired) electrons. The fraction of sp³-hybridized carbons (Fsp3) is 0.857. The molecule has 0 aromatic rings. The van der Waals surface area contributed by atoms with Crippen molar-refractivity contribution < 1.29 is 14.3 Å². The molecular formula is C14H23N3O3. The van der Waals surface area contributed by atoms with Crippen LogP contribution in [0.1, 0.15) is 25.7 Å². The number of hydrogen-bond donors (Lipinski definition) is 1. The summed E-state index contributed by atoms with van der Waals surface area (Å²) >= 11 is 0. The molecule has 3 saturated heterocycles. The Balaban J connectivity index is 1.58. The molecular weight excluding hydrogens is 258 g/mol. The monoisotopic (exact) mass is 281 g/mol. The van der Waals surface area contributed by atoms with Crippen molar-refractivity contribution >= 4 is 11.9 Å². The van der Waals surface area contributed by atoms with Crippen LogP contribution in [0.2, 0.25) is 0 Å². The average molecular weight is 281 g/mol. The number of urea groups is 1. The SMILES string of the molecule is CNC(=O)[C@H]1C[C@@H]2CCN(C(=O)N3CCCC3)C[C@@H]2O1. The summed E-state index contributed by atoms with van der Waals surface area (Å²) in [6.07, 6.45) is 3.64. The lowest BCUT2D eigenvalue weighted by atomic mass is 9.92. The molecule has 3 atom stereocenters. The maximum Gasteiger partial charge on any atom is 0.320 e. The topological polar surface area (TPSA) is 61.9 Å². The van der Waals surface area contributed by atoms with E-state index in [-0.39, 0.29) is 24.1 Å². The van der Waals surface area contributed by atoms with Gasteiger partial charge in [-0.15, -0.1) is 0 Å². The number of hydrogen-bond acceptors (Lipinski definition) is 3. The second-order valence-corrected chi connectivity index (χ2v) is 5.98. The van der Waals surface area contributed by atoms with Gasteiger partial charge < -0.3 is 19.9 Å².